The number of nitrogens with one attached hydrogen (secondary N) is 1. The summed E-state index contributed by atoms with van der Waals surface area (Å²) in [4.78, 5) is 5.09. The summed E-state index contributed by atoms with van der Waals surface area (Å²) in [5.41, 5.74) is 5.13. The van der Waals surface area contributed by atoms with Crippen LogP contribution in [0.2, 0.25) is 0 Å². The van der Waals surface area contributed by atoms with Gasteiger partial charge in [0.1, 0.15) is 11.9 Å². The Balaban J connectivity index is 1.75. The van der Waals surface area contributed by atoms with Crippen LogP contribution in [-0.4, -0.2) is 17.7 Å². The van der Waals surface area contributed by atoms with E-state index in [0.717, 1.165) is 11.5 Å². The van der Waals surface area contributed by atoms with Crippen molar-refractivity contribution >= 4 is 17.1 Å². The van der Waals surface area contributed by atoms with E-state index in [1.165, 1.54) is 22.6 Å². The Kier molecular flexibility index (Phi) is 1.95. The SMILES string of the molecule is CC(C)N1c2cccc3c2N2c4c(cccc4C4(C)NC4(C)C21)O3. The van der Waals surface area contributed by atoms with Crippen LogP contribution >= 0.6 is 0 Å². The molecule has 4 nitrogen and oxygen atoms in total. The van der Waals surface area contributed by atoms with Crippen LogP contribution in [0.4, 0.5) is 17.1 Å². The van der Waals surface area contributed by atoms with Crippen molar-refractivity contribution in [2.75, 3.05) is 9.80 Å². The molecule has 1 saturated heterocycles. The standard InChI is InChI=1S/C20H21N3O/c1-11(2)22-13-8-6-10-15-17(13)23-16-12(7-5-9-14(16)24-15)19(3)20(4,21-19)18(22)23/h5-11,18,21H,1-4H3. The molecule has 1 N–H and O–H groups in total. The minimum Gasteiger partial charge on any atom is -0.453 e. The van der Waals surface area contributed by atoms with E-state index in [4.69, 9.17) is 4.74 Å². The summed E-state index contributed by atoms with van der Waals surface area (Å²) in [5.74, 6) is 1.95. The fraction of sp³-hybridized carbons (Fsp3) is 0.400. The van der Waals surface area contributed by atoms with Gasteiger partial charge in [0.25, 0.3) is 0 Å². The van der Waals surface area contributed by atoms with Crippen molar-refractivity contribution in [1.29, 1.82) is 0 Å². The molecule has 24 heavy (non-hydrogen) atoms. The van der Waals surface area contributed by atoms with Crippen molar-refractivity contribution < 1.29 is 4.74 Å². The van der Waals surface area contributed by atoms with Gasteiger partial charge in [0.15, 0.2) is 11.5 Å². The van der Waals surface area contributed by atoms with Gasteiger partial charge in [-0.3, -0.25) is 5.32 Å². The molecule has 6 rings (SSSR count). The molecular formula is C20H21N3O. The van der Waals surface area contributed by atoms with Gasteiger partial charge in [-0.2, -0.15) is 0 Å². The fourth-order valence-electron chi connectivity index (χ4n) is 5.29. The first kappa shape index (κ1) is 13.1. The van der Waals surface area contributed by atoms with Crippen molar-refractivity contribution in [3.8, 4) is 11.5 Å². The van der Waals surface area contributed by atoms with Crippen LogP contribution < -0.4 is 19.9 Å². The van der Waals surface area contributed by atoms with E-state index in [1.807, 2.05) is 0 Å². The molecule has 0 spiro atoms. The number of benzene rings is 2. The Hall–Kier alpha value is -2.20. The average molecular weight is 319 g/mol. The predicted octanol–water partition coefficient (Wildman–Crippen LogP) is 4.08. The van der Waals surface area contributed by atoms with E-state index in [2.05, 4.69) is 79.2 Å². The Bertz CT molecular complexity index is 923. The summed E-state index contributed by atoms with van der Waals surface area (Å²) in [5, 5.41) is 3.84. The van der Waals surface area contributed by atoms with Crippen LogP contribution in [-0.2, 0) is 5.54 Å². The first-order valence-electron chi connectivity index (χ1n) is 8.79. The zero-order chi connectivity index (χ0) is 16.4. The highest BCUT2D eigenvalue weighted by atomic mass is 16.5. The maximum absolute atomic E-state index is 6.31. The van der Waals surface area contributed by atoms with Gasteiger partial charge in [-0.05, 0) is 45.9 Å². The van der Waals surface area contributed by atoms with E-state index < -0.39 is 0 Å². The summed E-state index contributed by atoms with van der Waals surface area (Å²) < 4.78 is 6.31. The number of anilines is 3. The van der Waals surface area contributed by atoms with E-state index in [1.54, 1.807) is 0 Å². The van der Waals surface area contributed by atoms with Gasteiger partial charge in [-0.1, -0.05) is 18.2 Å². The maximum atomic E-state index is 6.31. The zero-order valence-corrected chi connectivity index (χ0v) is 14.4. The van der Waals surface area contributed by atoms with Crippen LogP contribution in [0.3, 0.4) is 0 Å². The van der Waals surface area contributed by atoms with Crippen molar-refractivity contribution in [1.82, 2.24) is 5.32 Å². The number of ether oxygens (including phenoxy) is 1. The number of rotatable bonds is 1. The normalized spacial score (nSPS) is 33.3. The topological polar surface area (TPSA) is 37.7 Å². The molecule has 4 heterocycles. The lowest BCUT2D eigenvalue weighted by Gasteiger charge is -2.45. The zero-order valence-electron chi connectivity index (χ0n) is 14.4. The van der Waals surface area contributed by atoms with Gasteiger partial charge in [0.05, 0.1) is 22.5 Å². The average Bonchev–Trinajstić information content (AvgIpc) is 2.97. The third-order valence-corrected chi connectivity index (χ3v) is 6.56. The van der Waals surface area contributed by atoms with E-state index in [9.17, 15) is 0 Å². The molecular weight excluding hydrogens is 298 g/mol. The Labute approximate surface area is 142 Å². The highest BCUT2D eigenvalue weighted by molar-refractivity contribution is 5.96. The summed E-state index contributed by atoms with van der Waals surface area (Å²) >= 11 is 0. The molecule has 0 saturated carbocycles. The van der Waals surface area contributed by atoms with Gasteiger partial charge in [0.2, 0.25) is 0 Å². The molecule has 4 heteroatoms. The Morgan fingerprint density at radius 3 is 2.50 bits per heavy atom. The molecule has 0 aliphatic carbocycles. The molecule has 2 aromatic carbocycles. The number of hydrogen-bond donors (Lipinski definition) is 1. The third kappa shape index (κ3) is 1.13. The van der Waals surface area contributed by atoms with Crippen LogP contribution in [0.15, 0.2) is 36.4 Å². The second kappa shape index (κ2) is 3.57. The lowest BCUT2D eigenvalue weighted by molar-refractivity contribution is 0.404. The minimum atomic E-state index is -0.00441. The quantitative estimate of drug-likeness (QED) is 0.804. The van der Waals surface area contributed by atoms with Gasteiger partial charge in [0, 0.05) is 11.6 Å². The molecule has 0 bridgehead atoms. The van der Waals surface area contributed by atoms with Crippen molar-refractivity contribution in [2.45, 2.75) is 51.0 Å². The van der Waals surface area contributed by atoms with Crippen molar-refractivity contribution in [2.24, 2.45) is 0 Å². The lowest BCUT2D eigenvalue weighted by atomic mass is 9.80. The van der Waals surface area contributed by atoms with Gasteiger partial charge >= 0.3 is 0 Å². The van der Waals surface area contributed by atoms with Gasteiger partial charge in [-0.15, -0.1) is 0 Å². The van der Waals surface area contributed by atoms with Gasteiger partial charge < -0.3 is 14.5 Å². The van der Waals surface area contributed by atoms with Crippen molar-refractivity contribution in [3.63, 3.8) is 0 Å². The lowest BCUT2D eigenvalue weighted by Crippen LogP contribution is -2.57. The molecule has 0 aromatic heterocycles. The van der Waals surface area contributed by atoms with E-state index >= 15 is 0 Å². The molecule has 0 amide bonds. The number of nitrogens with zero attached hydrogens (tertiary/aromatic N) is 2. The molecule has 0 radical (unpaired) electrons. The van der Waals surface area contributed by atoms with E-state index in [0.29, 0.717) is 6.04 Å². The second-order valence-electron chi connectivity index (χ2n) is 8.08. The van der Waals surface area contributed by atoms with Crippen molar-refractivity contribution in [3.05, 3.63) is 42.0 Å². The fourth-order valence-corrected chi connectivity index (χ4v) is 5.29. The Morgan fingerprint density at radius 1 is 1.04 bits per heavy atom. The summed E-state index contributed by atoms with van der Waals surface area (Å²) in [7, 11) is 0. The summed E-state index contributed by atoms with van der Waals surface area (Å²) in [6.07, 6.45) is 0.274. The first-order chi connectivity index (χ1) is 11.5. The van der Waals surface area contributed by atoms with Crippen LogP contribution in [0.1, 0.15) is 33.3 Å². The summed E-state index contributed by atoms with van der Waals surface area (Å²) in [6, 6.07) is 13.3. The molecule has 4 aliphatic heterocycles. The monoisotopic (exact) mass is 319 g/mol. The molecule has 1 fully saturated rings. The Morgan fingerprint density at radius 2 is 1.75 bits per heavy atom. The first-order valence-corrected chi connectivity index (χ1v) is 8.79. The smallest absolute Gasteiger partial charge is 0.153 e. The predicted molar refractivity (Wildman–Crippen MR) is 95.4 cm³/mol. The minimum absolute atomic E-state index is 0.00441. The molecule has 2 aromatic rings. The highest BCUT2D eigenvalue weighted by Crippen LogP contribution is 2.68. The van der Waals surface area contributed by atoms with E-state index in [-0.39, 0.29) is 17.2 Å². The highest BCUT2D eigenvalue weighted by Gasteiger charge is 2.74. The number of hydrogen-bond acceptors (Lipinski definition) is 4. The van der Waals surface area contributed by atoms with Crippen LogP contribution in [0.25, 0.3) is 0 Å². The largest absolute Gasteiger partial charge is 0.453 e. The second-order valence-corrected chi connectivity index (χ2v) is 8.08. The molecule has 3 unspecified atom stereocenters. The third-order valence-electron chi connectivity index (χ3n) is 6.56. The van der Waals surface area contributed by atoms with Crippen LogP contribution in [0.5, 0.6) is 11.5 Å². The summed E-state index contributed by atoms with van der Waals surface area (Å²) in [6.45, 7) is 9.26. The number of para-hydroxylation sites is 2. The molecule has 4 aliphatic rings. The molecule has 3 atom stereocenters. The maximum Gasteiger partial charge on any atom is 0.153 e. The number of fused-ring (bicyclic) bond motifs is 3. The van der Waals surface area contributed by atoms with Crippen LogP contribution in [0, 0.1) is 0 Å². The van der Waals surface area contributed by atoms with Gasteiger partial charge in [-0.25, -0.2) is 0 Å². The molecule has 122 valence electrons.